The number of fused-ring (bicyclic) bond motifs is 1. The Labute approximate surface area is 160 Å². The van der Waals surface area contributed by atoms with Gasteiger partial charge in [0.05, 0.1) is 18.8 Å². The van der Waals surface area contributed by atoms with Crippen LogP contribution in [0.5, 0.6) is 11.5 Å². The van der Waals surface area contributed by atoms with Crippen LogP contribution in [0.3, 0.4) is 0 Å². The number of aromatic nitrogens is 2. The standard InChI is InChI=1S/C20H29N5O2/c1-5-21-19(23-14-16-9-10-24-25(16)4)22-11-12-26-17-8-6-7-15-13-20(2,3)27-18(15)17/h6-10H,5,11-14H2,1-4H3,(H2,21,22,23). The third-order valence-electron chi connectivity index (χ3n) is 4.37. The van der Waals surface area contributed by atoms with Gasteiger partial charge in [-0.25, -0.2) is 4.99 Å². The summed E-state index contributed by atoms with van der Waals surface area (Å²) < 4.78 is 13.8. The molecule has 0 fully saturated rings. The number of benzene rings is 1. The molecule has 0 saturated carbocycles. The number of nitrogens with one attached hydrogen (secondary N) is 2. The summed E-state index contributed by atoms with van der Waals surface area (Å²) in [6, 6.07) is 8.05. The monoisotopic (exact) mass is 371 g/mol. The lowest BCUT2D eigenvalue weighted by Gasteiger charge is -2.18. The second-order valence-electron chi connectivity index (χ2n) is 7.20. The molecule has 2 heterocycles. The van der Waals surface area contributed by atoms with E-state index in [-0.39, 0.29) is 5.60 Å². The predicted molar refractivity (Wildman–Crippen MR) is 106 cm³/mol. The van der Waals surface area contributed by atoms with Gasteiger partial charge >= 0.3 is 0 Å². The fourth-order valence-electron chi connectivity index (χ4n) is 3.09. The summed E-state index contributed by atoms with van der Waals surface area (Å²) in [4.78, 5) is 4.59. The molecule has 0 aliphatic carbocycles. The van der Waals surface area contributed by atoms with Gasteiger partial charge in [-0.2, -0.15) is 5.10 Å². The van der Waals surface area contributed by atoms with Crippen molar-refractivity contribution < 1.29 is 9.47 Å². The molecule has 2 aromatic rings. The molecule has 0 unspecified atom stereocenters. The first-order valence-corrected chi connectivity index (χ1v) is 9.41. The molecule has 0 bridgehead atoms. The Morgan fingerprint density at radius 1 is 1.33 bits per heavy atom. The molecular formula is C20H29N5O2. The Bertz CT molecular complexity index is 797. The number of hydrogen-bond donors (Lipinski definition) is 2. The maximum absolute atomic E-state index is 6.04. The molecule has 7 nitrogen and oxygen atoms in total. The minimum atomic E-state index is -0.170. The van der Waals surface area contributed by atoms with Crippen molar-refractivity contribution in [3.8, 4) is 11.5 Å². The van der Waals surface area contributed by atoms with Gasteiger partial charge in [0, 0.05) is 31.8 Å². The van der Waals surface area contributed by atoms with Crippen molar-refractivity contribution in [3.05, 3.63) is 41.7 Å². The minimum absolute atomic E-state index is 0.170. The van der Waals surface area contributed by atoms with Crippen molar-refractivity contribution in [3.63, 3.8) is 0 Å². The lowest BCUT2D eigenvalue weighted by molar-refractivity contribution is 0.132. The zero-order valence-electron chi connectivity index (χ0n) is 16.6. The van der Waals surface area contributed by atoms with E-state index >= 15 is 0 Å². The number of aryl methyl sites for hydroxylation is 1. The van der Waals surface area contributed by atoms with E-state index in [9.17, 15) is 0 Å². The van der Waals surface area contributed by atoms with Crippen molar-refractivity contribution in [1.82, 2.24) is 20.4 Å². The van der Waals surface area contributed by atoms with Crippen LogP contribution in [0.15, 0.2) is 35.5 Å². The van der Waals surface area contributed by atoms with E-state index < -0.39 is 0 Å². The third kappa shape index (κ3) is 4.93. The van der Waals surface area contributed by atoms with E-state index in [2.05, 4.69) is 40.6 Å². The molecule has 0 amide bonds. The van der Waals surface area contributed by atoms with Gasteiger partial charge in [-0.3, -0.25) is 4.68 Å². The molecule has 1 aliphatic rings. The van der Waals surface area contributed by atoms with Crippen LogP contribution in [-0.4, -0.2) is 41.0 Å². The first-order chi connectivity index (χ1) is 13.0. The summed E-state index contributed by atoms with van der Waals surface area (Å²) in [7, 11) is 1.92. The van der Waals surface area contributed by atoms with Crippen molar-refractivity contribution in [2.24, 2.45) is 12.0 Å². The van der Waals surface area contributed by atoms with Gasteiger partial charge in [-0.15, -0.1) is 0 Å². The fraction of sp³-hybridized carbons (Fsp3) is 0.500. The number of nitrogens with zero attached hydrogens (tertiary/aromatic N) is 3. The highest BCUT2D eigenvalue weighted by Gasteiger charge is 2.32. The smallest absolute Gasteiger partial charge is 0.191 e. The van der Waals surface area contributed by atoms with Crippen LogP contribution in [0.2, 0.25) is 0 Å². The Balaban J connectivity index is 1.52. The van der Waals surface area contributed by atoms with Crippen molar-refractivity contribution in [2.45, 2.75) is 39.3 Å². The first-order valence-electron chi connectivity index (χ1n) is 9.41. The van der Waals surface area contributed by atoms with Crippen molar-refractivity contribution in [1.29, 1.82) is 0 Å². The van der Waals surface area contributed by atoms with Crippen LogP contribution < -0.4 is 20.1 Å². The minimum Gasteiger partial charge on any atom is -0.488 e. The summed E-state index contributed by atoms with van der Waals surface area (Å²) >= 11 is 0. The highest BCUT2D eigenvalue weighted by atomic mass is 16.5. The van der Waals surface area contributed by atoms with Crippen molar-refractivity contribution >= 4 is 5.96 Å². The van der Waals surface area contributed by atoms with E-state index in [1.807, 2.05) is 36.9 Å². The Hall–Kier alpha value is -2.70. The number of rotatable bonds is 7. The average molecular weight is 371 g/mol. The van der Waals surface area contributed by atoms with Gasteiger partial charge < -0.3 is 20.1 Å². The quantitative estimate of drug-likeness (QED) is 0.444. The van der Waals surface area contributed by atoms with Gasteiger partial charge in [-0.05, 0) is 32.9 Å². The lowest BCUT2D eigenvalue weighted by atomic mass is 10.0. The summed E-state index contributed by atoms with van der Waals surface area (Å²) in [5.74, 6) is 2.44. The predicted octanol–water partition coefficient (Wildman–Crippen LogP) is 2.27. The summed E-state index contributed by atoms with van der Waals surface area (Å²) in [6.07, 6.45) is 2.68. The summed E-state index contributed by atoms with van der Waals surface area (Å²) in [5.41, 5.74) is 2.09. The first kappa shape index (κ1) is 19.1. The lowest BCUT2D eigenvalue weighted by Crippen LogP contribution is -2.39. The van der Waals surface area contributed by atoms with Gasteiger partial charge in [-0.1, -0.05) is 12.1 Å². The van der Waals surface area contributed by atoms with E-state index in [1.165, 1.54) is 5.56 Å². The molecule has 0 saturated heterocycles. The van der Waals surface area contributed by atoms with Gasteiger partial charge in [0.2, 0.25) is 0 Å². The molecule has 0 atom stereocenters. The topological polar surface area (TPSA) is 72.7 Å². The molecule has 146 valence electrons. The third-order valence-corrected chi connectivity index (χ3v) is 4.37. The second kappa shape index (κ2) is 8.33. The van der Waals surface area contributed by atoms with E-state index in [4.69, 9.17) is 9.47 Å². The van der Waals surface area contributed by atoms with Crippen LogP contribution >= 0.6 is 0 Å². The fourth-order valence-corrected chi connectivity index (χ4v) is 3.09. The molecular weight excluding hydrogens is 342 g/mol. The number of ether oxygens (including phenoxy) is 2. The second-order valence-corrected chi connectivity index (χ2v) is 7.20. The van der Waals surface area contributed by atoms with Crippen LogP contribution in [0.25, 0.3) is 0 Å². The number of guanidine groups is 1. The number of aliphatic imine (C=N–C) groups is 1. The molecule has 1 aromatic carbocycles. The van der Waals surface area contributed by atoms with Gasteiger partial charge in [0.1, 0.15) is 12.2 Å². The largest absolute Gasteiger partial charge is 0.488 e. The van der Waals surface area contributed by atoms with Crippen LogP contribution in [-0.2, 0) is 20.0 Å². The maximum Gasteiger partial charge on any atom is 0.191 e. The Morgan fingerprint density at radius 2 is 2.19 bits per heavy atom. The molecule has 1 aliphatic heterocycles. The summed E-state index contributed by atoms with van der Waals surface area (Å²) in [5, 5.41) is 10.7. The van der Waals surface area contributed by atoms with Gasteiger partial charge in [0.25, 0.3) is 0 Å². The molecule has 3 rings (SSSR count). The van der Waals surface area contributed by atoms with Crippen LogP contribution in [0.4, 0.5) is 0 Å². The maximum atomic E-state index is 6.04. The highest BCUT2D eigenvalue weighted by Crippen LogP contribution is 2.41. The van der Waals surface area contributed by atoms with Crippen molar-refractivity contribution in [2.75, 3.05) is 19.7 Å². The normalized spacial score (nSPS) is 15.2. The van der Waals surface area contributed by atoms with E-state index in [0.717, 1.165) is 36.1 Å². The number of hydrogen-bond acceptors (Lipinski definition) is 4. The Kier molecular flexibility index (Phi) is 5.88. The zero-order valence-corrected chi connectivity index (χ0v) is 16.6. The molecule has 1 aromatic heterocycles. The summed E-state index contributed by atoms with van der Waals surface area (Å²) in [6.45, 7) is 8.78. The number of para-hydroxylation sites is 1. The van der Waals surface area contributed by atoms with E-state index in [1.54, 1.807) is 6.20 Å². The molecule has 2 N–H and O–H groups in total. The van der Waals surface area contributed by atoms with Crippen LogP contribution in [0, 0.1) is 0 Å². The highest BCUT2D eigenvalue weighted by molar-refractivity contribution is 5.79. The Morgan fingerprint density at radius 3 is 2.93 bits per heavy atom. The molecule has 0 spiro atoms. The average Bonchev–Trinajstić information content (AvgIpc) is 3.17. The van der Waals surface area contributed by atoms with Gasteiger partial charge in [0.15, 0.2) is 17.5 Å². The molecule has 0 radical (unpaired) electrons. The van der Waals surface area contributed by atoms with E-state index in [0.29, 0.717) is 19.7 Å². The van der Waals surface area contributed by atoms with Crippen LogP contribution in [0.1, 0.15) is 32.0 Å². The zero-order chi connectivity index (χ0) is 19.3. The molecule has 7 heteroatoms. The molecule has 27 heavy (non-hydrogen) atoms. The SMILES string of the molecule is CCNC(=NCc1ccnn1C)NCCOc1cccc2c1OC(C)(C)C2.